The highest BCUT2D eigenvalue weighted by Crippen LogP contribution is 2.44. The molecule has 0 aliphatic carbocycles. The van der Waals surface area contributed by atoms with Gasteiger partial charge in [-0.25, -0.2) is 4.79 Å². The van der Waals surface area contributed by atoms with E-state index in [1.807, 2.05) is 51.2 Å². The van der Waals surface area contributed by atoms with E-state index >= 15 is 0 Å². The minimum Gasteiger partial charge on any atom is -0.468 e. The van der Waals surface area contributed by atoms with Crippen molar-refractivity contribution in [2.45, 2.75) is 64.1 Å². The lowest BCUT2D eigenvalue weighted by Crippen LogP contribution is -2.54. The topological polar surface area (TPSA) is 101 Å². The van der Waals surface area contributed by atoms with Gasteiger partial charge in [0.15, 0.2) is 5.41 Å². The van der Waals surface area contributed by atoms with E-state index in [-0.39, 0.29) is 24.4 Å². The van der Waals surface area contributed by atoms with Crippen LogP contribution in [0.25, 0.3) is 10.9 Å². The molecule has 2 aliphatic heterocycles. The molecule has 0 bridgehead atoms. The number of ether oxygens (including phenoxy) is 2. The van der Waals surface area contributed by atoms with Crippen LogP contribution >= 0.6 is 0 Å². The number of benzene rings is 1. The molecule has 0 radical (unpaired) electrons. The van der Waals surface area contributed by atoms with Gasteiger partial charge in [0.05, 0.1) is 19.2 Å². The Morgan fingerprint density at radius 3 is 2.75 bits per heavy atom. The summed E-state index contributed by atoms with van der Waals surface area (Å²) in [4.78, 5) is 44.1. The Balaban J connectivity index is 1.63. The third kappa shape index (κ3) is 3.94. The molecular weight excluding hydrogens is 410 g/mol. The van der Waals surface area contributed by atoms with E-state index in [1.54, 1.807) is 4.90 Å². The highest BCUT2D eigenvalue weighted by Gasteiger charge is 2.60. The Kier molecular flexibility index (Phi) is 5.65. The molecule has 3 heterocycles. The van der Waals surface area contributed by atoms with Crippen molar-refractivity contribution in [3.63, 3.8) is 0 Å². The molecule has 2 amide bonds. The van der Waals surface area contributed by atoms with Gasteiger partial charge < -0.3 is 24.7 Å². The number of hydrogen-bond donors (Lipinski definition) is 2. The third-order valence-electron chi connectivity index (χ3n) is 6.45. The molecule has 1 aromatic carbocycles. The Morgan fingerprint density at radius 2 is 2.03 bits per heavy atom. The molecule has 8 heteroatoms. The molecule has 172 valence electrons. The Hall–Kier alpha value is -3.03. The van der Waals surface area contributed by atoms with Gasteiger partial charge in [-0.05, 0) is 58.1 Å². The van der Waals surface area contributed by atoms with Crippen LogP contribution in [0.3, 0.4) is 0 Å². The van der Waals surface area contributed by atoms with E-state index in [2.05, 4.69) is 10.3 Å². The quantitative estimate of drug-likeness (QED) is 0.561. The number of carbonyl (C=O) groups excluding carboxylic acids is 3. The molecule has 2 saturated heterocycles. The molecule has 2 aliphatic rings. The fraction of sp³-hybridized carbons (Fsp3) is 0.542. The van der Waals surface area contributed by atoms with Crippen molar-refractivity contribution >= 4 is 28.9 Å². The van der Waals surface area contributed by atoms with Crippen molar-refractivity contribution in [3.8, 4) is 0 Å². The van der Waals surface area contributed by atoms with Gasteiger partial charge in [-0.3, -0.25) is 9.59 Å². The second-order valence-electron chi connectivity index (χ2n) is 9.77. The maximum absolute atomic E-state index is 13.7. The Labute approximate surface area is 187 Å². The number of rotatable bonds is 4. The molecule has 8 nitrogen and oxygen atoms in total. The number of alkyl carbamates (subject to hydrolysis) is 1. The number of methoxy groups -OCH3 is 1. The van der Waals surface area contributed by atoms with E-state index in [1.165, 1.54) is 7.11 Å². The molecule has 3 atom stereocenters. The van der Waals surface area contributed by atoms with Crippen LogP contribution in [0.15, 0.2) is 30.5 Å². The average molecular weight is 442 g/mol. The van der Waals surface area contributed by atoms with Crippen LogP contribution in [0.2, 0.25) is 0 Å². The van der Waals surface area contributed by atoms with Crippen molar-refractivity contribution in [1.29, 1.82) is 0 Å². The number of hydrogen-bond acceptors (Lipinski definition) is 5. The molecule has 1 aromatic heterocycles. The van der Waals surface area contributed by atoms with Gasteiger partial charge in [0.25, 0.3) is 0 Å². The minimum atomic E-state index is -1.32. The number of nitrogens with one attached hydrogen (secondary N) is 2. The molecule has 2 fully saturated rings. The van der Waals surface area contributed by atoms with Gasteiger partial charge in [-0.15, -0.1) is 0 Å². The van der Waals surface area contributed by atoms with Gasteiger partial charge in [-0.2, -0.15) is 0 Å². The fourth-order valence-corrected chi connectivity index (χ4v) is 5.10. The summed E-state index contributed by atoms with van der Waals surface area (Å²) < 4.78 is 10.6. The summed E-state index contributed by atoms with van der Waals surface area (Å²) in [6, 6.07) is 7.25. The van der Waals surface area contributed by atoms with Crippen LogP contribution in [0.5, 0.6) is 0 Å². The lowest BCUT2D eigenvalue weighted by Gasteiger charge is -2.37. The largest absolute Gasteiger partial charge is 0.468 e. The summed E-state index contributed by atoms with van der Waals surface area (Å²) in [5.41, 5.74) is -0.0801. The molecule has 2 N–H and O–H groups in total. The third-order valence-corrected chi connectivity index (χ3v) is 6.45. The summed E-state index contributed by atoms with van der Waals surface area (Å²) in [6.07, 6.45) is 3.35. The van der Waals surface area contributed by atoms with Crippen LogP contribution in [0, 0.1) is 5.41 Å². The SMILES string of the molecule is COC(=O)[C@@]1(Cc2c[nH]c3ccccc23)C[C@@H]2[C@@H](NC(=O)OC(C)(C)C)CCCN2C1=O. The van der Waals surface area contributed by atoms with Gasteiger partial charge in [0, 0.05) is 23.6 Å². The molecule has 0 saturated carbocycles. The van der Waals surface area contributed by atoms with Gasteiger partial charge in [-0.1, -0.05) is 18.2 Å². The predicted molar refractivity (Wildman–Crippen MR) is 119 cm³/mol. The van der Waals surface area contributed by atoms with Gasteiger partial charge >= 0.3 is 12.1 Å². The van der Waals surface area contributed by atoms with Crippen LogP contribution in [0.4, 0.5) is 4.79 Å². The fourth-order valence-electron chi connectivity index (χ4n) is 5.10. The summed E-state index contributed by atoms with van der Waals surface area (Å²) >= 11 is 0. The smallest absolute Gasteiger partial charge is 0.407 e. The average Bonchev–Trinajstić information content (AvgIpc) is 3.27. The lowest BCUT2D eigenvalue weighted by molar-refractivity contribution is -0.159. The summed E-state index contributed by atoms with van der Waals surface area (Å²) in [5.74, 6) is -0.756. The predicted octanol–water partition coefficient (Wildman–Crippen LogP) is 3.16. The van der Waals surface area contributed by atoms with Crippen molar-refractivity contribution in [2.75, 3.05) is 13.7 Å². The van der Waals surface area contributed by atoms with Crippen LogP contribution in [-0.4, -0.2) is 59.2 Å². The van der Waals surface area contributed by atoms with Gasteiger partial charge in [0.2, 0.25) is 5.91 Å². The first-order valence-corrected chi connectivity index (χ1v) is 11.1. The van der Waals surface area contributed by atoms with E-state index in [4.69, 9.17) is 9.47 Å². The van der Waals surface area contributed by atoms with E-state index < -0.39 is 23.1 Å². The second-order valence-corrected chi connectivity index (χ2v) is 9.77. The molecule has 0 unspecified atom stereocenters. The molecule has 0 spiro atoms. The number of para-hydroxylation sites is 1. The number of aromatic nitrogens is 1. The second kappa shape index (κ2) is 8.15. The first-order chi connectivity index (χ1) is 15.1. The monoisotopic (exact) mass is 441 g/mol. The van der Waals surface area contributed by atoms with Crippen LogP contribution < -0.4 is 5.32 Å². The maximum atomic E-state index is 13.7. The number of carbonyl (C=O) groups is 3. The van der Waals surface area contributed by atoms with Gasteiger partial charge in [0.1, 0.15) is 5.60 Å². The maximum Gasteiger partial charge on any atom is 0.407 e. The van der Waals surface area contributed by atoms with Crippen molar-refractivity contribution in [2.24, 2.45) is 5.41 Å². The molecular formula is C24H31N3O5. The summed E-state index contributed by atoms with van der Waals surface area (Å²) in [7, 11) is 1.32. The number of aromatic amines is 1. The van der Waals surface area contributed by atoms with Crippen molar-refractivity contribution in [3.05, 3.63) is 36.0 Å². The molecule has 4 rings (SSSR count). The van der Waals surface area contributed by atoms with E-state index in [0.29, 0.717) is 13.0 Å². The van der Waals surface area contributed by atoms with Crippen LogP contribution in [-0.2, 0) is 25.5 Å². The first kappa shape index (κ1) is 22.2. The van der Waals surface area contributed by atoms with Crippen LogP contribution in [0.1, 0.15) is 45.6 Å². The Bertz CT molecular complexity index is 1040. The highest BCUT2D eigenvalue weighted by atomic mass is 16.6. The van der Waals surface area contributed by atoms with E-state index in [0.717, 1.165) is 29.3 Å². The zero-order valence-electron chi connectivity index (χ0n) is 19.1. The van der Waals surface area contributed by atoms with E-state index in [9.17, 15) is 14.4 Å². The number of fused-ring (bicyclic) bond motifs is 2. The Morgan fingerprint density at radius 1 is 1.28 bits per heavy atom. The minimum absolute atomic E-state index is 0.227. The molecule has 32 heavy (non-hydrogen) atoms. The summed E-state index contributed by atoms with van der Waals surface area (Å²) in [6.45, 7) is 5.98. The normalized spacial score (nSPS) is 25.5. The number of H-pyrrole nitrogens is 1. The molecule has 2 aromatic rings. The number of piperidine rings is 1. The summed E-state index contributed by atoms with van der Waals surface area (Å²) in [5, 5.41) is 3.92. The van der Waals surface area contributed by atoms with Crippen molar-refractivity contribution < 1.29 is 23.9 Å². The first-order valence-electron chi connectivity index (χ1n) is 11.1. The number of esters is 1. The van der Waals surface area contributed by atoms with Crippen molar-refractivity contribution in [1.82, 2.24) is 15.2 Å². The highest BCUT2D eigenvalue weighted by molar-refractivity contribution is 6.05. The number of nitrogens with zero attached hydrogens (tertiary/aromatic N) is 1. The lowest BCUT2D eigenvalue weighted by atomic mass is 9.77. The number of amides is 2. The zero-order valence-corrected chi connectivity index (χ0v) is 19.1. The zero-order chi connectivity index (χ0) is 23.1. The standard InChI is InChI=1S/C24H31N3O5/c1-23(2,3)32-22(30)26-18-10-7-11-27-19(18)13-24(20(27)28,21(29)31-4)12-15-14-25-17-9-6-5-8-16(15)17/h5-6,8-9,14,18-19,25H,7,10-13H2,1-4H3,(H,26,30)/t18-,19+,24-/m0/s1.